The lowest BCUT2D eigenvalue weighted by atomic mass is 10.2. The van der Waals surface area contributed by atoms with Crippen LogP contribution in [-0.2, 0) is 4.74 Å². The highest BCUT2D eigenvalue weighted by Gasteiger charge is 2.08. The first-order valence-electron chi connectivity index (χ1n) is 7.00. The summed E-state index contributed by atoms with van der Waals surface area (Å²) < 4.78 is 5.11. The summed E-state index contributed by atoms with van der Waals surface area (Å²) in [4.78, 5) is 3.75. The van der Waals surface area contributed by atoms with Crippen molar-refractivity contribution in [1.29, 1.82) is 0 Å². The summed E-state index contributed by atoms with van der Waals surface area (Å²) in [7, 11) is 3.73. The number of fused-ring (bicyclic) bond motifs is 1. The molecule has 2 aromatic carbocycles. The molecule has 114 valence electrons. The summed E-state index contributed by atoms with van der Waals surface area (Å²) in [6.07, 6.45) is 0. The third kappa shape index (κ3) is 3.05. The number of methoxy groups -OCH3 is 1. The van der Waals surface area contributed by atoms with Crippen molar-refractivity contribution in [3.8, 4) is 5.69 Å². The third-order valence-electron chi connectivity index (χ3n) is 3.49. The molecule has 0 amide bonds. The van der Waals surface area contributed by atoms with E-state index in [2.05, 4.69) is 15.1 Å². The molecular formula is C16H17ClN4O. The summed E-state index contributed by atoms with van der Waals surface area (Å²) in [5.74, 6) is 0. The van der Waals surface area contributed by atoms with Crippen LogP contribution in [0.3, 0.4) is 0 Å². The fourth-order valence-electron chi connectivity index (χ4n) is 2.19. The summed E-state index contributed by atoms with van der Waals surface area (Å²) in [5, 5.41) is 9.73. The fraction of sp³-hybridized carbons (Fsp3) is 0.250. The van der Waals surface area contributed by atoms with Crippen LogP contribution in [0.15, 0.2) is 42.5 Å². The van der Waals surface area contributed by atoms with E-state index in [-0.39, 0.29) is 0 Å². The van der Waals surface area contributed by atoms with E-state index in [0.29, 0.717) is 11.6 Å². The number of anilines is 1. The van der Waals surface area contributed by atoms with Gasteiger partial charge in [-0.1, -0.05) is 11.6 Å². The molecule has 0 aliphatic rings. The number of halogens is 1. The van der Waals surface area contributed by atoms with Crippen LogP contribution >= 0.6 is 11.6 Å². The van der Waals surface area contributed by atoms with Crippen molar-refractivity contribution < 1.29 is 4.74 Å². The maximum absolute atomic E-state index is 5.91. The van der Waals surface area contributed by atoms with Crippen molar-refractivity contribution in [2.75, 3.05) is 32.2 Å². The number of rotatable bonds is 5. The first-order chi connectivity index (χ1) is 10.7. The number of aromatic nitrogens is 3. The summed E-state index contributed by atoms with van der Waals surface area (Å²) in [6.45, 7) is 1.51. The van der Waals surface area contributed by atoms with E-state index in [4.69, 9.17) is 16.3 Å². The van der Waals surface area contributed by atoms with Crippen molar-refractivity contribution in [2.24, 2.45) is 0 Å². The Bertz CT molecular complexity index is 769. The Morgan fingerprint density at radius 1 is 1.09 bits per heavy atom. The van der Waals surface area contributed by atoms with E-state index in [9.17, 15) is 0 Å². The van der Waals surface area contributed by atoms with Crippen molar-refractivity contribution in [3.05, 3.63) is 47.5 Å². The van der Waals surface area contributed by atoms with Crippen LogP contribution in [0.25, 0.3) is 16.7 Å². The number of hydrogen-bond donors (Lipinski definition) is 0. The normalized spacial score (nSPS) is 11.0. The molecule has 0 saturated carbocycles. The van der Waals surface area contributed by atoms with E-state index in [1.807, 2.05) is 49.5 Å². The lowest BCUT2D eigenvalue weighted by Crippen LogP contribution is -2.21. The second kappa shape index (κ2) is 6.34. The van der Waals surface area contributed by atoms with Crippen LogP contribution in [0.2, 0.25) is 5.02 Å². The Hall–Kier alpha value is -2.11. The first kappa shape index (κ1) is 14.8. The summed E-state index contributed by atoms with van der Waals surface area (Å²) in [6, 6.07) is 13.5. The van der Waals surface area contributed by atoms with Crippen LogP contribution in [0.5, 0.6) is 0 Å². The highest BCUT2D eigenvalue weighted by Crippen LogP contribution is 2.20. The Labute approximate surface area is 134 Å². The Morgan fingerprint density at radius 2 is 1.82 bits per heavy atom. The molecule has 0 aliphatic carbocycles. The molecule has 0 saturated heterocycles. The minimum Gasteiger partial charge on any atom is -0.383 e. The van der Waals surface area contributed by atoms with Gasteiger partial charge in [-0.3, -0.25) is 0 Å². The Morgan fingerprint density at radius 3 is 2.55 bits per heavy atom. The van der Waals surface area contributed by atoms with E-state index in [1.54, 1.807) is 11.9 Å². The van der Waals surface area contributed by atoms with Crippen LogP contribution in [0.1, 0.15) is 0 Å². The SMILES string of the molecule is COCCN(C)c1ccc2nn(-c3ccc(Cl)cc3)nc2c1. The molecule has 6 heteroatoms. The van der Waals surface area contributed by atoms with E-state index in [0.717, 1.165) is 29.0 Å². The Kier molecular flexibility index (Phi) is 4.27. The van der Waals surface area contributed by atoms with Crippen molar-refractivity contribution in [3.63, 3.8) is 0 Å². The zero-order chi connectivity index (χ0) is 15.5. The molecule has 0 radical (unpaired) electrons. The molecule has 0 spiro atoms. The number of likely N-dealkylation sites (N-methyl/N-ethyl adjacent to an activating group) is 1. The number of hydrogen-bond acceptors (Lipinski definition) is 4. The van der Waals surface area contributed by atoms with E-state index in [1.165, 1.54) is 0 Å². The molecule has 3 aromatic rings. The van der Waals surface area contributed by atoms with Gasteiger partial charge in [-0.25, -0.2) is 0 Å². The zero-order valence-electron chi connectivity index (χ0n) is 12.5. The Balaban J connectivity index is 1.91. The van der Waals surface area contributed by atoms with Gasteiger partial charge in [0.25, 0.3) is 0 Å². The van der Waals surface area contributed by atoms with Gasteiger partial charge in [0.15, 0.2) is 0 Å². The van der Waals surface area contributed by atoms with Crippen molar-refractivity contribution in [1.82, 2.24) is 15.0 Å². The van der Waals surface area contributed by atoms with Gasteiger partial charge in [0, 0.05) is 31.4 Å². The topological polar surface area (TPSA) is 43.2 Å². The molecule has 0 N–H and O–H groups in total. The highest BCUT2D eigenvalue weighted by atomic mass is 35.5. The number of benzene rings is 2. The molecule has 3 rings (SSSR count). The molecule has 0 aliphatic heterocycles. The third-order valence-corrected chi connectivity index (χ3v) is 3.75. The molecule has 0 atom stereocenters. The highest BCUT2D eigenvalue weighted by molar-refractivity contribution is 6.30. The average Bonchev–Trinajstić information content (AvgIpc) is 2.96. The van der Waals surface area contributed by atoms with Crippen LogP contribution in [-0.4, -0.2) is 42.3 Å². The van der Waals surface area contributed by atoms with Gasteiger partial charge >= 0.3 is 0 Å². The number of nitrogens with zero attached hydrogens (tertiary/aromatic N) is 4. The fourth-order valence-corrected chi connectivity index (χ4v) is 2.31. The first-order valence-corrected chi connectivity index (χ1v) is 7.38. The lowest BCUT2D eigenvalue weighted by molar-refractivity contribution is 0.206. The maximum Gasteiger partial charge on any atom is 0.115 e. The standard InChI is InChI=1S/C16H17ClN4O/c1-20(9-10-22-2)14-7-8-15-16(11-14)19-21(18-15)13-5-3-12(17)4-6-13/h3-8,11H,9-10H2,1-2H3. The smallest absolute Gasteiger partial charge is 0.115 e. The van der Waals surface area contributed by atoms with Crippen LogP contribution in [0.4, 0.5) is 5.69 Å². The second-order valence-corrected chi connectivity index (χ2v) is 5.49. The molecule has 1 heterocycles. The molecule has 0 fully saturated rings. The maximum atomic E-state index is 5.91. The molecular weight excluding hydrogens is 300 g/mol. The lowest BCUT2D eigenvalue weighted by Gasteiger charge is -2.18. The molecule has 0 bridgehead atoms. The summed E-state index contributed by atoms with van der Waals surface area (Å²) >= 11 is 5.91. The minimum atomic E-state index is 0.687. The molecule has 5 nitrogen and oxygen atoms in total. The van der Waals surface area contributed by atoms with Gasteiger partial charge in [-0.05, 0) is 42.5 Å². The summed E-state index contributed by atoms with van der Waals surface area (Å²) in [5.41, 5.74) is 3.69. The van der Waals surface area contributed by atoms with E-state index < -0.39 is 0 Å². The van der Waals surface area contributed by atoms with Crippen LogP contribution in [0, 0.1) is 0 Å². The molecule has 1 aromatic heterocycles. The monoisotopic (exact) mass is 316 g/mol. The predicted octanol–water partition coefficient (Wildman–Crippen LogP) is 3.16. The second-order valence-electron chi connectivity index (χ2n) is 5.05. The quantitative estimate of drug-likeness (QED) is 0.725. The van der Waals surface area contributed by atoms with Crippen molar-refractivity contribution >= 4 is 28.3 Å². The van der Waals surface area contributed by atoms with Crippen molar-refractivity contribution in [2.45, 2.75) is 0 Å². The van der Waals surface area contributed by atoms with Gasteiger partial charge in [-0.15, -0.1) is 10.2 Å². The molecule has 22 heavy (non-hydrogen) atoms. The molecule has 0 unspecified atom stereocenters. The van der Waals surface area contributed by atoms with Crippen LogP contribution < -0.4 is 4.90 Å². The van der Waals surface area contributed by atoms with Gasteiger partial charge in [0.1, 0.15) is 11.0 Å². The predicted molar refractivity (Wildman–Crippen MR) is 89.0 cm³/mol. The van der Waals surface area contributed by atoms with Gasteiger partial charge in [0.2, 0.25) is 0 Å². The number of ether oxygens (including phenoxy) is 1. The van der Waals surface area contributed by atoms with Gasteiger partial charge in [0.05, 0.1) is 12.3 Å². The van der Waals surface area contributed by atoms with Gasteiger partial charge in [-0.2, -0.15) is 4.80 Å². The largest absolute Gasteiger partial charge is 0.383 e. The average molecular weight is 317 g/mol. The zero-order valence-corrected chi connectivity index (χ0v) is 13.3. The van der Waals surface area contributed by atoms with E-state index >= 15 is 0 Å². The minimum absolute atomic E-state index is 0.687. The van der Waals surface area contributed by atoms with Gasteiger partial charge < -0.3 is 9.64 Å².